The lowest BCUT2D eigenvalue weighted by molar-refractivity contribution is 0.0693. The summed E-state index contributed by atoms with van der Waals surface area (Å²) in [6, 6.07) is 9.51. The number of nitrogens with one attached hydrogen (secondary N) is 1. The van der Waals surface area contributed by atoms with Gasteiger partial charge in [-0.1, -0.05) is 6.92 Å². The van der Waals surface area contributed by atoms with Gasteiger partial charge < -0.3 is 14.4 Å². The van der Waals surface area contributed by atoms with Crippen LogP contribution in [0.25, 0.3) is 0 Å². The van der Waals surface area contributed by atoms with Crippen molar-refractivity contribution in [3.05, 3.63) is 42.0 Å². The molecule has 31 heavy (non-hydrogen) atoms. The number of carbonyl (C=O) groups is 1. The Bertz CT molecular complexity index is 1050. The molecule has 3 rings (SSSR count). The molecule has 0 spiro atoms. The van der Waals surface area contributed by atoms with E-state index < -0.39 is 10.0 Å². The summed E-state index contributed by atoms with van der Waals surface area (Å²) in [6.07, 6.45) is 3.78. The molecule has 1 heterocycles. The molecule has 1 amide bonds. The zero-order valence-corrected chi connectivity index (χ0v) is 19.8. The molecular formula is C22H28N2O5S2. The highest BCUT2D eigenvalue weighted by atomic mass is 32.2. The Kier molecular flexibility index (Phi) is 7.38. The Hall–Kier alpha value is -2.39. The second-order valence-corrected chi connectivity index (χ2v) is 10.0. The standard InChI is InChI=1S/C22H28N2O5S2/c1-15-9-11-24(12-10-15)22(25)18-14-17(6-8-21(18)30-4)31(26,27)23-19-13-16(28-2)5-7-20(19)29-3/h5-8,13-15,23H,9-12H2,1-4H3. The Morgan fingerprint density at radius 2 is 1.81 bits per heavy atom. The maximum Gasteiger partial charge on any atom is 0.262 e. The van der Waals surface area contributed by atoms with Gasteiger partial charge in [0.2, 0.25) is 0 Å². The number of hydrogen-bond acceptors (Lipinski definition) is 6. The number of sulfonamides is 1. The SMILES string of the molecule is COc1ccc(OC)c(NS(=O)(=O)c2ccc(SC)c(C(=O)N3CCC(C)CC3)c2)c1. The first kappa shape index (κ1) is 23.3. The third-order valence-corrected chi connectivity index (χ3v) is 7.59. The molecule has 0 bridgehead atoms. The van der Waals surface area contributed by atoms with Crippen molar-refractivity contribution in [3.63, 3.8) is 0 Å². The number of ether oxygens (including phenoxy) is 2. The molecule has 1 aliphatic heterocycles. The molecule has 0 unspecified atom stereocenters. The highest BCUT2D eigenvalue weighted by Crippen LogP contribution is 2.32. The van der Waals surface area contributed by atoms with E-state index >= 15 is 0 Å². The number of rotatable bonds is 7. The minimum atomic E-state index is -3.96. The van der Waals surface area contributed by atoms with Gasteiger partial charge in [-0.3, -0.25) is 9.52 Å². The molecule has 1 fully saturated rings. The maximum atomic E-state index is 13.2. The number of nitrogens with zero attached hydrogens (tertiary/aromatic N) is 1. The van der Waals surface area contributed by atoms with Gasteiger partial charge in [0, 0.05) is 24.1 Å². The van der Waals surface area contributed by atoms with E-state index in [0.717, 1.165) is 17.7 Å². The van der Waals surface area contributed by atoms with Crippen LogP contribution in [0.3, 0.4) is 0 Å². The summed E-state index contributed by atoms with van der Waals surface area (Å²) in [5.41, 5.74) is 0.663. The van der Waals surface area contributed by atoms with Crippen LogP contribution in [-0.2, 0) is 10.0 Å². The number of thioether (sulfide) groups is 1. The highest BCUT2D eigenvalue weighted by Gasteiger charge is 2.26. The molecule has 0 saturated carbocycles. The second kappa shape index (κ2) is 9.82. The smallest absolute Gasteiger partial charge is 0.262 e. The largest absolute Gasteiger partial charge is 0.497 e. The van der Waals surface area contributed by atoms with E-state index in [4.69, 9.17) is 9.47 Å². The Morgan fingerprint density at radius 1 is 1.10 bits per heavy atom. The summed E-state index contributed by atoms with van der Waals surface area (Å²) in [4.78, 5) is 15.7. The van der Waals surface area contributed by atoms with Crippen molar-refractivity contribution in [1.82, 2.24) is 4.90 Å². The summed E-state index contributed by atoms with van der Waals surface area (Å²) in [7, 11) is -0.995. The topological polar surface area (TPSA) is 84.9 Å². The first-order valence-corrected chi connectivity index (χ1v) is 12.7. The Labute approximate surface area is 188 Å². The quantitative estimate of drug-likeness (QED) is 0.621. The predicted octanol–water partition coefficient (Wildman–Crippen LogP) is 4.10. The third-order valence-electron chi connectivity index (χ3n) is 5.43. The van der Waals surface area contributed by atoms with Gasteiger partial charge in [0.25, 0.3) is 15.9 Å². The number of likely N-dealkylation sites (tertiary alicyclic amines) is 1. The van der Waals surface area contributed by atoms with Crippen LogP contribution in [0.2, 0.25) is 0 Å². The molecule has 0 aliphatic carbocycles. The van der Waals surface area contributed by atoms with Crippen LogP contribution in [0.1, 0.15) is 30.1 Å². The van der Waals surface area contributed by atoms with E-state index in [1.54, 1.807) is 24.3 Å². The van der Waals surface area contributed by atoms with Gasteiger partial charge in [0.15, 0.2) is 0 Å². The van der Waals surface area contributed by atoms with Crippen molar-refractivity contribution in [2.45, 2.75) is 29.6 Å². The summed E-state index contributed by atoms with van der Waals surface area (Å²) in [6.45, 7) is 3.55. The van der Waals surface area contributed by atoms with Crippen molar-refractivity contribution >= 4 is 33.4 Å². The van der Waals surface area contributed by atoms with Crippen LogP contribution in [0.4, 0.5) is 5.69 Å². The Balaban J connectivity index is 1.94. The summed E-state index contributed by atoms with van der Waals surface area (Å²) in [5, 5.41) is 0. The number of amides is 1. The molecule has 7 nitrogen and oxygen atoms in total. The van der Waals surface area contributed by atoms with Crippen LogP contribution in [-0.4, -0.2) is 52.8 Å². The number of piperidine rings is 1. The lowest BCUT2D eigenvalue weighted by Gasteiger charge is -2.30. The molecule has 2 aromatic rings. The van der Waals surface area contributed by atoms with E-state index in [0.29, 0.717) is 36.1 Å². The fraction of sp³-hybridized carbons (Fsp3) is 0.409. The zero-order chi connectivity index (χ0) is 22.6. The minimum Gasteiger partial charge on any atom is -0.497 e. The number of benzene rings is 2. The number of anilines is 1. The van der Waals surface area contributed by atoms with Crippen LogP contribution in [0, 0.1) is 5.92 Å². The van der Waals surface area contributed by atoms with E-state index in [2.05, 4.69) is 11.6 Å². The third kappa shape index (κ3) is 5.27. The van der Waals surface area contributed by atoms with E-state index in [1.807, 2.05) is 11.2 Å². The van der Waals surface area contributed by atoms with Crippen molar-refractivity contribution in [2.24, 2.45) is 5.92 Å². The van der Waals surface area contributed by atoms with Crippen LogP contribution < -0.4 is 14.2 Å². The first-order chi connectivity index (χ1) is 14.8. The zero-order valence-electron chi connectivity index (χ0n) is 18.2. The number of carbonyl (C=O) groups excluding carboxylic acids is 1. The second-order valence-electron chi connectivity index (χ2n) is 7.51. The van der Waals surface area contributed by atoms with Crippen molar-refractivity contribution in [3.8, 4) is 11.5 Å². The van der Waals surface area contributed by atoms with Gasteiger partial charge in [-0.2, -0.15) is 0 Å². The van der Waals surface area contributed by atoms with Crippen molar-refractivity contribution in [2.75, 3.05) is 38.3 Å². The van der Waals surface area contributed by atoms with Gasteiger partial charge in [-0.05, 0) is 55.3 Å². The summed E-state index contributed by atoms with van der Waals surface area (Å²) < 4.78 is 39.3. The molecule has 0 atom stereocenters. The Morgan fingerprint density at radius 3 is 2.42 bits per heavy atom. The normalized spacial score (nSPS) is 14.9. The lowest BCUT2D eigenvalue weighted by Crippen LogP contribution is -2.38. The molecule has 1 N–H and O–H groups in total. The molecule has 9 heteroatoms. The average molecular weight is 465 g/mol. The monoisotopic (exact) mass is 464 g/mol. The van der Waals surface area contributed by atoms with E-state index in [1.165, 1.54) is 38.1 Å². The predicted molar refractivity (Wildman–Crippen MR) is 123 cm³/mol. The van der Waals surface area contributed by atoms with Gasteiger partial charge >= 0.3 is 0 Å². The lowest BCUT2D eigenvalue weighted by atomic mass is 9.98. The van der Waals surface area contributed by atoms with E-state index in [-0.39, 0.29) is 16.5 Å². The molecule has 2 aromatic carbocycles. The summed E-state index contributed by atoms with van der Waals surface area (Å²) in [5.74, 6) is 1.32. The van der Waals surface area contributed by atoms with Crippen molar-refractivity contribution in [1.29, 1.82) is 0 Å². The first-order valence-electron chi connectivity index (χ1n) is 10.0. The maximum absolute atomic E-state index is 13.2. The number of methoxy groups -OCH3 is 2. The molecule has 0 aromatic heterocycles. The molecule has 168 valence electrons. The molecule has 1 aliphatic rings. The molecule has 0 radical (unpaired) electrons. The fourth-order valence-corrected chi connectivity index (χ4v) is 5.16. The molecular weight excluding hydrogens is 436 g/mol. The van der Waals surface area contributed by atoms with Crippen LogP contribution in [0.5, 0.6) is 11.5 Å². The van der Waals surface area contributed by atoms with Gasteiger partial charge in [0.1, 0.15) is 11.5 Å². The summed E-state index contributed by atoms with van der Waals surface area (Å²) >= 11 is 1.42. The molecule has 1 saturated heterocycles. The van der Waals surface area contributed by atoms with Gasteiger partial charge in [-0.15, -0.1) is 11.8 Å². The minimum absolute atomic E-state index is 0.0175. The van der Waals surface area contributed by atoms with E-state index in [9.17, 15) is 13.2 Å². The van der Waals surface area contributed by atoms with Gasteiger partial charge in [-0.25, -0.2) is 8.42 Å². The highest BCUT2D eigenvalue weighted by molar-refractivity contribution is 7.98. The van der Waals surface area contributed by atoms with Crippen LogP contribution >= 0.6 is 11.8 Å². The van der Waals surface area contributed by atoms with Crippen LogP contribution in [0.15, 0.2) is 46.2 Å². The average Bonchev–Trinajstić information content (AvgIpc) is 2.78. The number of hydrogen-bond donors (Lipinski definition) is 1. The fourth-order valence-electron chi connectivity index (χ4n) is 3.50. The van der Waals surface area contributed by atoms with Crippen molar-refractivity contribution < 1.29 is 22.7 Å². The van der Waals surface area contributed by atoms with Gasteiger partial charge in [0.05, 0.1) is 30.4 Å².